The van der Waals surface area contributed by atoms with Crippen LogP contribution >= 0.6 is 0 Å². The second-order valence-corrected chi connectivity index (χ2v) is 5.59. The normalized spacial score (nSPS) is 21.8. The van der Waals surface area contributed by atoms with Crippen molar-refractivity contribution in [2.24, 2.45) is 0 Å². The SMILES string of the molecule is CC1(C)OB(CCc2cccnc2)OC1(C)C. The highest BCUT2D eigenvalue weighted by Crippen LogP contribution is 2.37. The molecule has 1 aliphatic rings. The van der Waals surface area contributed by atoms with Crippen LogP contribution in [0.4, 0.5) is 0 Å². The minimum Gasteiger partial charge on any atom is -0.403 e. The van der Waals surface area contributed by atoms with Crippen LogP contribution in [0.25, 0.3) is 0 Å². The van der Waals surface area contributed by atoms with E-state index in [0.717, 1.165) is 12.7 Å². The van der Waals surface area contributed by atoms with E-state index in [4.69, 9.17) is 9.31 Å². The fraction of sp³-hybridized carbons (Fsp3) is 0.615. The Balaban J connectivity index is 1.91. The van der Waals surface area contributed by atoms with Crippen LogP contribution in [-0.2, 0) is 15.7 Å². The van der Waals surface area contributed by atoms with E-state index in [1.807, 2.05) is 12.3 Å². The molecule has 0 saturated carbocycles. The summed E-state index contributed by atoms with van der Waals surface area (Å²) in [7, 11) is -0.111. The third-order valence-electron chi connectivity index (χ3n) is 3.69. The lowest BCUT2D eigenvalue weighted by molar-refractivity contribution is 0.00578. The highest BCUT2D eigenvalue weighted by Gasteiger charge is 2.50. The molecule has 0 radical (unpaired) electrons. The molecule has 2 rings (SSSR count). The third kappa shape index (κ3) is 2.69. The monoisotopic (exact) mass is 233 g/mol. The summed E-state index contributed by atoms with van der Waals surface area (Å²) in [6.07, 6.45) is 5.49. The summed E-state index contributed by atoms with van der Waals surface area (Å²) in [5.74, 6) is 0. The molecule has 0 spiro atoms. The first-order chi connectivity index (χ1) is 7.91. The topological polar surface area (TPSA) is 31.4 Å². The van der Waals surface area contributed by atoms with Gasteiger partial charge in [-0.15, -0.1) is 0 Å². The van der Waals surface area contributed by atoms with Crippen molar-refractivity contribution in [2.75, 3.05) is 0 Å². The number of nitrogens with zero attached hydrogens (tertiary/aromatic N) is 1. The molecule has 3 nitrogen and oxygen atoms in total. The maximum absolute atomic E-state index is 5.94. The van der Waals surface area contributed by atoms with E-state index < -0.39 is 0 Å². The Morgan fingerprint density at radius 1 is 1.18 bits per heavy atom. The Hall–Kier alpha value is -0.865. The smallest absolute Gasteiger partial charge is 0.403 e. The van der Waals surface area contributed by atoms with E-state index in [0.29, 0.717) is 0 Å². The van der Waals surface area contributed by atoms with Crippen LogP contribution < -0.4 is 0 Å². The molecule has 92 valence electrons. The maximum Gasteiger partial charge on any atom is 0.458 e. The zero-order chi connectivity index (χ0) is 12.5. The number of aryl methyl sites for hydroxylation is 1. The van der Waals surface area contributed by atoms with Crippen molar-refractivity contribution in [1.82, 2.24) is 4.98 Å². The average Bonchev–Trinajstić information content (AvgIpc) is 2.46. The van der Waals surface area contributed by atoms with Crippen LogP contribution in [0.15, 0.2) is 24.5 Å². The largest absolute Gasteiger partial charge is 0.458 e. The van der Waals surface area contributed by atoms with E-state index in [2.05, 4.69) is 38.7 Å². The lowest BCUT2D eigenvalue weighted by Gasteiger charge is -2.32. The van der Waals surface area contributed by atoms with Gasteiger partial charge in [0.05, 0.1) is 11.2 Å². The van der Waals surface area contributed by atoms with Gasteiger partial charge in [-0.2, -0.15) is 0 Å². The van der Waals surface area contributed by atoms with Gasteiger partial charge in [0.25, 0.3) is 0 Å². The molecule has 1 fully saturated rings. The summed E-state index contributed by atoms with van der Waals surface area (Å²) in [5.41, 5.74) is 0.765. The molecule has 2 heterocycles. The molecular weight excluding hydrogens is 213 g/mol. The maximum atomic E-state index is 5.94. The van der Waals surface area contributed by atoms with E-state index in [1.165, 1.54) is 5.56 Å². The van der Waals surface area contributed by atoms with Gasteiger partial charge in [-0.05, 0) is 52.1 Å². The number of hydrogen-bond donors (Lipinski definition) is 0. The fourth-order valence-corrected chi connectivity index (χ4v) is 1.91. The lowest BCUT2D eigenvalue weighted by Crippen LogP contribution is -2.41. The van der Waals surface area contributed by atoms with Crippen molar-refractivity contribution < 1.29 is 9.31 Å². The molecule has 0 bridgehead atoms. The second kappa shape index (κ2) is 4.43. The van der Waals surface area contributed by atoms with Crippen molar-refractivity contribution >= 4 is 7.12 Å². The molecule has 0 aromatic carbocycles. The molecule has 0 N–H and O–H groups in total. The van der Waals surface area contributed by atoms with Crippen LogP contribution in [0.5, 0.6) is 0 Å². The number of aromatic nitrogens is 1. The molecule has 0 unspecified atom stereocenters. The first-order valence-corrected chi connectivity index (χ1v) is 6.15. The van der Waals surface area contributed by atoms with Gasteiger partial charge in [0, 0.05) is 12.4 Å². The molecule has 1 aliphatic heterocycles. The van der Waals surface area contributed by atoms with Crippen LogP contribution in [-0.4, -0.2) is 23.3 Å². The molecular formula is C13H20BNO2. The predicted molar refractivity (Wildman–Crippen MR) is 68.8 cm³/mol. The van der Waals surface area contributed by atoms with Gasteiger partial charge >= 0.3 is 7.12 Å². The van der Waals surface area contributed by atoms with Crippen molar-refractivity contribution in [2.45, 2.75) is 51.6 Å². The molecule has 0 aliphatic carbocycles. The van der Waals surface area contributed by atoms with Gasteiger partial charge in [0.2, 0.25) is 0 Å². The van der Waals surface area contributed by atoms with Gasteiger partial charge < -0.3 is 9.31 Å². The van der Waals surface area contributed by atoms with Gasteiger partial charge in [-0.25, -0.2) is 0 Å². The van der Waals surface area contributed by atoms with E-state index in [1.54, 1.807) is 6.20 Å². The Morgan fingerprint density at radius 3 is 2.35 bits per heavy atom. The highest BCUT2D eigenvalue weighted by molar-refractivity contribution is 6.45. The van der Waals surface area contributed by atoms with Gasteiger partial charge in [0.15, 0.2) is 0 Å². The van der Waals surface area contributed by atoms with Crippen molar-refractivity contribution in [3.8, 4) is 0 Å². The van der Waals surface area contributed by atoms with Crippen LogP contribution in [0.3, 0.4) is 0 Å². The minimum atomic E-state index is -0.230. The average molecular weight is 233 g/mol. The molecule has 1 aromatic rings. The van der Waals surface area contributed by atoms with Crippen LogP contribution in [0.2, 0.25) is 6.32 Å². The fourth-order valence-electron chi connectivity index (χ4n) is 1.91. The molecule has 0 amide bonds. The van der Waals surface area contributed by atoms with E-state index >= 15 is 0 Å². The van der Waals surface area contributed by atoms with Crippen molar-refractivity contribution in [1.29, 1.82) is 0 Å². The molecule has 4 heteroatoms. The molecule has 1 saturated heterocycles. The lowest BCUT2D eigenvalue weighted by atomic mass is 9.82. The summed E-state index contributed by atoms with van der Waals surface area (Å²) in [4.78, 5) is 4.11. The number of pyridine rings is 1. The zero-order valence-electron chi connectivity index (χ0n) is 11.1. The summed E-state index contributed by atoms with van der Waals surface area (Å²) in [6.45, 7) is 8.32. The minimum absolute atomic E-state index is 0.111. The van der Waals surface area contributed by atoms with Crippen LogP contribution in [0, 0.1) is 0 Å². The summed E-state index contributed by atoms with van der Waals surface area (Å²) in [6, 6.07) is 4.04. The van der Waals surface area contributed by atoms with Crippen LogP contribution in [0.1, 0.15) is 33.3 Å². The van der Waals surface area contributed by atoms with Crippen molar-refractivity contribution in [3.05, 3.63) is 30.1 Å². The number of rotatable bonds is 3. The summed E-state index contributed by atoms with van der Waals surface area (Å²) in [5, 5.41) is 0. The van der Waals surface area contributed by atoms with Crippen molar-refractivity contribution in [3.63, 3.8) is 0 Å². The number of hydrogen-bond acceptors (Lipinski definition) is 3. The van der Waals surface area contributed by atoms with Gasteiger partial charge in [-0.1, -0.05) is 6.07 Å². The summed E-state index contributed by atoms with van der Waals surface area (Å²) < 4.78 is 11.9. The Labute approximate surface area is 104 Å². The summed E-state index contributed by atoms with van der Waals surface area (Å²) >= 11 is 0. The Morgan fingerprint density at radius 2 is 1.82 bits per heavy atom. The molecule has 17 heavy (non-hydrogen) atoms. The highest BCUT2D eigenvalue weighted by atomic mass is 16.7. The van der Waals surface area contributed by atoms with E-state index in [9.17, 15) is 0 Å². The molecule has 0 atom stereocenters. The quantitative estimate of drug-likeness (QED) is 0.752. The zero-order valence-corrected chi connectivity index (χ0v) is 11.1. The van der Waals surface area contributed by atoms with Gasteiger partial charge in [-0.3, -0.25) is 4.98 Å². The molecule has 1 aromatic heterocycles. The standard InChI is InChI=1S/C13H20BNO2/c1-12(2)13(3,4)17-14(16-12)8-7-11-6-5-9-15-10-11/h5-6,9-10H,7-8H2,1-4H3. The van der Waals surface area contributed by atoms with E-state index in [-0.39, 0.29) is 18.3 Å². The predicted octanol–water partition coefficient (Wildman–Crippen LogP) is 2.72. The first-order valence-electron chi connectivity index (χ1n) is 6.15. The Kier molecular flexibility index (Phi) is 3.28. The second-order valence-electron chi connectivity index (χ2n) is 5.59. The third-order valence-corrected chi connectivity index (χ3v) is 3.69. The van der Waals surface area contributed by atoms with Gasteiger partial charge in [0.1, 0.15) is 0 Å². The first kappa shape index (κ1) is 12.6. The Bertz CT molecular complexity index is 362.